The van der Waals surface area contributed by atoms with Gasteiger partial charge in [0.05, 0.1) is 8.80 Å². The Morgan fingerprint density at radius 1 is 1.19 bits per heavy atom. The van der Waals surface area contributed by atoms with Crippen LogP contribution in [0.4, 0.5) is 0 Å². The van der Waals surface area contributed by atoms with Crippen LogP contribution in [0.2, 0.25) is 17.6 Å². The lowest BCUT2D eigenvalue weighted by atomic mass is 10.1. The van der Waals surface area contributed by atoms with E-state index in [1.807, 2.05) is 0 Å². The van der Waals surface area contributed by atoms with Gasteiger partial charge in [-0.05, 0) is 37.6 Å². The van der Waals surface area contributed by atoms with Crippen LogP contribution in [0.25, 0.3) is 0 Å². The van der Waals surface area contributed by atoms with Crippen molar-refractivity contribution in [2.24, 2.45) is 0 Å². The van der Waals surface area contributed by atoms with Crippen molar-refractivity contribution in [3.05, 3.63) is 12.7 Å². The Bertz CT molecular complexity index is 248. The van der Waals surface area contributed by atoms with Gasteiger partial charge in [-0.25, -0.2) is 0 Å². The van der Waals surface area contributed by atoms with Gasteiger partial charge in [0.25, 0.3) is 0 Å². The third kappa shape index (κ3) is 8.17. The number of rotatable bonds is 12. The summed E-state index contributed by atoms with van der Waals surface area (Å²) in [7, 11) is -0.183. The zero-order valence-corrected chi connectivity index (χ0v) is 15.2. The molecule has 1 fully saturated rings. The number of hydrogen-bond acceptors (Lipinski definition) is 2. The molecule has 1 aliphatic rings. The monoisotopic (exact) mass is 311 g/mol. The molecule has 3 heteroatoms. The van der Waals surface area contributed by atoms with E-state index >= 15 is 0 Å². The largest absolute Gasteiger partial charge is 0.353 e. The second kappa shape index (κ2) is 12.4. The van der Waals surface area contributed by atoms with Crippen molar-refractivity contribution >= 4 is 8.80 Å². The van der Waals surface area contributed by atoms with E-state index in [0.29, 0.717) is 0 Å². The first-order chi connectivity index (χ1) is 10.3. The second-order valence-corrected chi connectivity index (χ2v) is 9.55. The van der Waals surface area contributed by atoms with Crippen molar-refractivity contribution in [1.29, 1.82) is 0 Å². The summed E-state index contributed by atoms with van der Waals surface area (Å²) in [6, 6.07) is 2.76. The highest BCUT2D eigenvalue weighted by molar-refractivity contribution is 6.60. The number of ether oxygens (including phenoxy) is 2. The Balaban J connectivity index is 1.96. The molecule has 0 aromatic heterocycles. The molecule has 2 nitrogen and oxygen atoms in total. The van der Waals surface area contributed by atoms with Crippen molar-refractivity contribution in [1.82, 2.24) is 0 Å². The van der Waals surface area contributed by atoms with E-state index < -0.39 is 0 Å². The SMILES string of the molecule is C=CC(CCCCCCOC1CCCCO1)[Si](CC)CC. The van der Waals surface area contributed by atoms with Crippen molar-refractivity contribution < 1.29 is 9.47 Å². The molecule has 1 heterocycles. The second-order valence-electron chi connectivity index (χ2n) is 6.08. The van der Waals surface area contributed by atoms with Crippen molar-refractivity contribution in [2.75, 3.05) is 13.2 Å². The average Bonchev–Trinajstić information content (AvgIpc) is 2.54. The smallest absolute Gasteiger partial charge is 0.157 e. The summed E-state index contributed by atoms with van der Waals surface area (Å²) in [6.07, 6.45) is 12.4. The van der Waals surface area contributed by atoms with Gasteiger partial charge in [0.2, 0.25) is 0 Å². The van der Waals surface area contributed by atoms with Gasteiger partial charge in [-0.15, -0.1) is 6.58 Å². The molecule has 0 spiro atoms. The minimum absolute atomic E-state index is 0.0863. The molecule has 0 bridgehead atoms. The van der Waals surface area contributed by atoms with Gasteiger partial charge in [0, 0.05) is 13.2 Å². The first-order valence-corrected chi connectivity index (χ1v) is 11.0. The minimum Gasteiger partial charge on any atom is -0.353 e. The maximum Gasteiger partial charge on any atom is 0.157 e. The summed E-state index contributed by atoms with van der Waals surface area (Å²) in [6.45, 7) is 10.5. The molecule has 0 saturated carbocycles. The van der Waals surface area contributed by atoms with Crippen molar-refractivity contribution in [2.45, 2.75) is 89.1 Å². The highest BCUT2D eigenvalue weighted by Gasteiger charge is 2.16. The molecule has 123 valence electrons. The standard InChI is InChI=1S/C18H35O2Si/c1-4-17(21(5-2)6-3)13-9-7-8-11-15-19-18-14-10-12-16-20-18/h4,17-18H,1,5-16H2,2-3H3. The molecule has 0 amide bonds. The summed E-state index contributed by atoms with van der Waals surface area (Å²) < 4.78 is 11.3. The number of allylic oxidation sites excluding steroid dienone is 1. The number of hydrogen-bond donors (Lipinski definition) is 0. The summed E-state index contributed by atoms with van der Waals surface area (Å²) in [5.74, 6) is 0. The summed E-state index contributed by atoms with van der Waals surface area (Å²) in [5.41, 5.74) is 0.817. The molecule has 1 saturated heterocycles. The Morgan fingerprint density at radius 3 is 2.57 bits per heavy atom. The van der Waals surface area contributed by atoms with E-state index in [1.165, 1.54) is 57.0 Å². The van der Waals surface area contributed by atoms with Gasteiger partial charge in [0.1, 0.15) is 0 Å². The van der Waals surface area contributed by atoms with Crippen LogP contribution >= 0.6 is 0 Å². The maximum atomic E-state index is 5.77. The lowest BCUT2D eigenvalue weighted by molar-refractivity contribution is -0.162. The highest BCUT2D eigenvalue weighted by Crippen LogP contribution is 2.25. The molecule has 1 radical (unpaired) electrons. The quantitative estimate of drug-likeness (QED) is 0.266. The predicted octanol–water partition coefficient (Wildman–Crippen LogP) is 5.57. The maximum absolute atomic E-state index is 5.77. The van der Waals surface area contributed by atoms with Gasteiger partial charge in [-0.3, -0.25) is 0 Å². The first kappa shape index (κ1) is 18.9. The van der Waals surface area contributed by atoms with E-state index in [1.54, 1.807) is 0 Å². The Morgan fingerprint density at radius 2 is 1.95 bits per heavy atom. The normalized spacial score (nSPS) is 20.6. The molecule has 1 rings (SSSR count). The van der Waals surface area contributed by atoms with Gasteiger partial charge in [-0.1, -0.05) is 51.3 Å². The van der Waals surface area contributed by atoms with Crippen LogP contribution in [0.5, 0.6) is 0 Å². The molecule has 1 aliphatic heterocycles. The fourth-order valence-corrected chi connectivity index (χ4v) is 5.63. The molecular formula is C18H35O2Si. The average molecular weight is 312 g/mol. The molecule has 0 N–H and O–H groups in total. The zero-order chi connectivity index (χ0) is 15.3. The first-order valence-electron chi connectivity index (χ1n) is 9.02. The molecule has 0 aromatic carbocycles. The third-order valence-corrected chi connectivity index (χ3v) is 7.96. The van der Waals surface area contributed by atoms with Crippen LogP contribution in [0.15, 0.2) is 12.7 Å². The highest BCUT2D eigenvalue weighted by atomic mass is 28.3. The Kier molecular flexibility index (Phi) is 11.2. The van der Waals surface area contributed by atoms with E-state index in [4.69, 9.17) is 9.47 Å². The van der Waals surface area contributed by atoms with E-state index in [-0.39, 0.29) is 15.1 Å². The van der Waals surface area contributed by atoms with Crippen LogP contribution < -0.4 is 0 Å². The number of unbranched alkanes of at least 4 members (excludes halogenated alkanes) is 3. The summed E-state index contributed by atoms with van der Waals surface area (Å²) in [5, 5.41) is 0. The van der Waals surface area contributed by atoms with Crippen molar-refractivity contribution in [3.63, 3.8) is 0 Å². The Hall–Kier alpha value is -0.123. The van der Waals surface area contributed by atoms with E-state index in [2.05, 4.69) is 26.5 Å². The van der Waals surface area contributed by atoms with E-state index in [9.17, 15) is 0 Å². The summed E-state index contributed by atoms with van der Waals surface area (Å²) >= 11 is 0. The fraction of sp³-hybridized carbons (Fsp3) is 0.889. The molecule has 21 heavy (non-hydrogen) atoms. The van der Waals surface area contributed by atoms with Gasteiger partial charge < -0.3 is 9.47 Å². The molecule has 2 unspecified atom stereocenters. The Labute approximate surface area is 133 Å². The lowest BCUT2D eigenvalue weighted by Gasteiger charge is -2.22. The summed E-state index contributed by atoms with van der Waals surface area (Å²) in [4.78, 5) is 0. The van der Waals surface area contributed by atoms with Crippen LogP contribution in [0.1, 0.15) is 65.2 Å². The van der Waals surface area contributed by atoms with Crippen LogP contribution in [0.3, 0.4) is 0 Å². The van der Waals surface area contributed by atoms with Crippen LogP contribution in [-0.4, -0.2) is 28.3 Å². The molecular weight excluding hydrogens is 276 g/mol. The third-order valence-electron chi connectivity index (χ3n) is 4.57. The molecule has 0 aromatic rings. The topological polar surface area (TPSA) is 18.5 Å². The fourth-order valence-electron chi connectivity index (χ4n) is 3.14. The molecule has 0 aliphatic carbocycles. The molecule has 2 atom stereocenters. The van der Waals surface area contributed by atoms with Crippen LogP contribution in [0, 0.1) is 0 Å². The van der Waals surface area contributed by atoms with Crippen LogP contribution in [-0.2, 0) is 9.47 Å². The zero-order valence-electron chi connectivity index (χ0n) is 14.2. The lowest BCUT2D eigenvalue weighted by Crippen LogP contribution is -2.22. The van der Waals surface area contributed by atoms with Crippen molar-refractivity contribution in [3.8, 4) is 0 Å². The van der Waals surface area contributed by atoms with Gasteiger partial charge >= 0.3 is 0 Å². The van der Waals surface area contributed by atoms with E-state index in [0.717, 1.165) is 25.2 Å². The minimum atomic E-state index is -0.183. The predicted molar refractivity (Wildman–Crippen MR) is 93.3 cm³/mol. The van der Waals surface area contributed by atoms with Gasteiger partial charge in [-0.2, -0.15) is 0 Å². The van der Waals surface area contributed by atoms with Gasteiger partial charge in [0.15, 0.2) is 6.29 Å².